The highest BCUT2D eigenvalue weighted by Crippen LogP contribution is 2.26. The Morgan fingerprint density at radius 1 is 1.21 bits per heavy atom. The van der Waals surface area contributed by atoms with Gasteiger partial charge in [-0.2, -0.15) is 0 Å². The van der Waals surface area contributed by atoms with Crippen LogP contribution in [-0.4, -0.2) is 51.9 Å². The molecule has 0 fully saturated rings. The van der Waals surface area contributed by atoms with Gasteiger partial charge in [-0.3, -0.25) is 9.59 Å². The Kier molecular flexibility index (Phi) is 6.50. The molecule has 2 aromatic heterocycles. The number of methoxy groups -OCH3 is 1. The van der Waals surface area contributed by atoms with Gasteiger partial charge < -0.3 is 15.0 Å². The number of nitrogens with one attached hydrogen (secondary N) is 1. The smallest absolute Gasteiger partial charge is 0.266 e. The molecule has 0 saturated heterocycles. The fraction of sp³-hybridized carbons (Fsp3) is 0.250. The lowest BCUT2D eigenvalue weighted by Gasteiger charge is -2.20. The Morgan fingerprint density at radius 2 is 1.97 bits per heavy atom. The third-order valence-electron chi connectivity index (χ3n) is 4.10. The molecule has 0 spiro atoms. The highest BCUT2D eigenvalue weighted by molar-refractivity contribution is 7.17. The number of benzene rings is 1. The molecule has 1 N–H and O–H groups in total. The summed E-state index contributed by atoms with van der Waals surface area (Å²) in [6, 6.07) is 8.77. The van der Waals surface area contributed by atoms with Crippen LogP contribution in [0.5, 0.6) is 5.75 Å². The first-order chi connectivity index (χ1) is 14.0. The SMILES string of the molecule is CCN(CC(=O)Nc1cccc(OC)c1)C(=O)c1sc(-c2ncccn2)nc1C. The highest BCUT2D eigenvalue weighted by Gasteiger charge is 2.23. The van der Waals surface area contributed by atoms with E-state index in [0.717, 1.165) is 0 Å². The number of hydrogen-bond acceptors (Lipinski definition) is 7. The maximum Gasteiger partial charge on any atom is 0.266 e. The topological polar surface area (TPSA) is 97.3 Å². The number of hydrogen-bond donors (Lipinski definition) is 1. The molecule has 9 heteroatoms. The summed E-state index contributed by atoms with van der Waals surface area (Å²) in [6.07, 6.45) is 3.25. The van der Waals surface area contributed by atoms with Gasteiger partial charge >= 0.3 is 0 Å². The van der Waals surface area contributed by atoms with Crippen LogP contribution in [0.3, 0.4) is 0 Å². The highest BCUT2D eigenvalue weighted by atomic mass is 32.1. The number of rotatable bonds is 7. The van der Waals surface area contributed by atoms with Gasteiger partial charge in [0.05, 0.1) is 12.8 Å². The lowest BCUT2D eigenvalue weighted by atomic mass is 10.3. The molecule has 2 heterocycles. The number of anilines is 1. The van der Waals surface area contributed by atoms with Crippen molar-refractivity contribution in [2.24, 2.45) is 0 Å². The fourth-order valence-corrected chi connectivity index (χ4v) is 3.63. The summed E-state index contributed by atoms with van der Waals surface area (Å²) >= 11 is 1.22. The van der Waals surface area contributed by atoms with Crippen molar-refractivity contribution in [3.63, 3.8) is 0 Å². The zero-order valence-electron chi connectivity index (χ0n) is 16.4. The molecule has 0 radical (unpaired) electrons. The molecule has 0 aliphatic carbocycles. The molecule has 0 saturated carbocycles. The average Bonchev–Trinajstić information content (AvgIpc) is 3.14. The first kappa shape index (κ1) is 20.4. The molecule has 0 aliphatic rings. The number of amides is 2. The summed E-state index contributed by atoms with van der Waals surface area (Å²) in [5.41, 5.74) is 1.20. The van der Waals surface area contributed by atoms with E-state index in [1.54, 1.807) is 56.8 Å². The second-order valence-corrected chi connectivity index (χ2v) is 7.10. The Hall–Kier alpha value is -3.33. The van der Waals surface area contributed by atoms with Gasteiger partial charge in [-0.1, -0.05) is 6.07 Å². The molecule has 0 bridgehead atoms. The van der Waals surface area contributed by atoms with Gasteiger partial charge in [0, 0.05) is 30.7 Å². The number of thiazole rings is 1. The monoisotopic (exact) mass is 411 g/mol. The van der Waals surface area contributed by atoms with Crippen molar-refractivity contribution in [3.8, 4) is 16.6 Å². The van der Waals surface area contributed by atoms with Crippen LogP contribution >= 0.6 is 11.3 Å². The number of aromatic nitrogens is 3. The molecular weight excluding hydrogens is 390 g/mol. The number of ether oxygens (including phenoxy) is 1. The minimum atomic E-state index is -0.290. The maximum absolute atomic E-state index is 13.0. The van der Waals surface area contributed by atoms with E-state index in [2.05, 4.69) is 20.3 Å². The normalized spacial score (nSPS) is 10.4. The summed E-state index contributed by atoms with van der Waals surface area (Å²) in [5.74, 6) is 0.577. The van der Waals surface area contributed by atoms with Crippen LogP contribution in [0, 0.1) is 6.92 Å². The van der Waals surface area contributed by atoms with E-state index in [9.17, 15) is 9.59 Å². The fourth-order valence-electron chi connectivity index (χ4n) is 2.65. The molecule has 29 heavy (non-hydrogen) atoms. The van der Waals surface area contributed by atoms with E-state index in [4.69, 9.17) is 4.74 Å². The number of likely N-dealkylation sites (N-methyl/N-ethyl adjacent to an activating group) is 1. The first-order valence-corrected chi connectivity index (χ1v) is 9.81. The number of carbonyl (C=O) groups is 2. The molecule has 3 aromatic rings. The second-order valence-electron chi connectivity index (χ2n) is 6.11. The molecule has 1 aromatic carbocycles. The molecular formula is C20H21N5O3S. The van der Waals surface area contributed by atoms with Gasteiger partial charge in [-0.15, -0.1) is 11.3 Å². The van der Waals surface area contributed by atoms with Gasteiger partial charge in [0.25, 0.3) is 5.91 Å². The van der Waals surface area contributed by atoms with Gasteiger partial charge in [0.1, 0.15) is 17.2 Å². The van der Waals surface area contributed by atoms with Crippen LogP contribution in [0.15, 0.2) is 42.7 Å². The molecule has 0 atom stereocenters. The first-order valence-electron chi connectivity index (χ1n) is 8.99. The predicted molar refractivity (Wildman–Crippen MR) is 111 cm³/mol. The summed E-state index contributed by atoms with van der Waals surface area (Å²) in [5, 5.41) is 3.36. The predicted octanol–water partition coefficient (Wildman–Crippen LogP) is 3.02. The van der Waals surface area contributed by atoms with Crippen LogP contribution in [0.4, 0.5) is 5.69 Å². The lowest BCUT2D eigenvalue weighted by molar-refractivity contribution is -0.116. The molecule has 0 aliphatic heterocycles. The Labute approximate surface area is 172 Å². The number of carbonyl (C=O) groups excluding carboxylic acids is 2. The van der Waals surface area contributed by atoms with Crippen molar-refractivity contribution >= 4 is 28.8 Å². The van der Waals surface area contributed by atoms with Gasteiger partial charge in [-0.05, 0) is 32.0 Å². The molecule has 0 unspecified atom stereocenters. The van der Waals surface area contributed by atoms with E-state index in [1.807, 2.05) is 6.92 Å². The van der Waals surface area contributed by atoms with Gasteiger partial charge in [0.15, 0.2) is 10.8 Å². The molecule has 150 valence electrons. The van der Waals surface area contributed by atoms with Crippen molar-refractivity contribution in [1.29, 1.82) is 0 Å². The van der Waals surface area contributed by atoms with Crippen LogP contribution in [-0.2, 0) is 4.79 Å². The maximum atomic E-state index is 13.0. The third kappa shape index (κ3) is 4.94. The van der Waals surface area contributed by atoms with E-state index < -0.39 is 0 Å². The van der Waals surface area contributed by atoms with Crippen molar-refractivity contribution in [1.82, 2.24) is 19.9 Å². The average molecular weight is 411 g/mol. The Bertz CT molecular complexity index is 1010. The summed E-state index contributed by atoms with van der Waals surface area (Å²) < 4.78 is 5.16. The lowest BCUT2D eigenvalue weighted by Crippen LogP contribution is -2.37. The van der Waals surface area contributed by atoms with Crippen LogP contribution in [0.2, 0.25) is 0 Å². The number of aryl methyl sites for hydroxylation is 1. The zero-order chi connectivity index (χ0) is 20.8. The quantitative estimate of drug-likeness (QED) is 0.642. The van der Waals surface area contributed by atoms with Crippen LogP contribution in [0.25, 0.3) is 10.8 Å². The van der Waals surface area contributed by atoms with Crippen LogP contribution in [0.1, 0.15) is 22.3 Å². The van der Waals surface area contributed by atoms with Gasteiger partial charge in [0.2, 0.25) is 5.91 Å². The van der Waals surface area contributed by atoms with Crippen LogP contribution < -0.4 is 10.1 Å². The molecule has 2 amide bonds. The summed E-state index contributed by atoms with van der Waals surface area (Å²) in [7, 11) is 1.56. The van der Waals surface area contributed by atoms with E-state index in [0.29, 0.717) is 39.4 Å². The number of nitrogens with zero attached hydrogens (tertiary/aromatic N) is 4. The molecule has 8 nitrogen and oxygen atoms in total. The molecule has 3 rings (SSSR count). The van der Waals surface area contributed by atoms with E-state index in [1.165, 1.54) is 16.2 Å². The minimum Gasteiger partial charge on any atom is -0.497 e. The van der Waals surface area contributed by atoms with Crippen molar-refractivity contribution in [3.05, 3.63) is 53.3 Å². The minimum absolute atomic E-state index is 0.0684. The van der Waals surface area contributed by atoms with Gasteiger partial charge in [-0.25, -0.2) is 15.0 Å². The summed E-state index contributed by atoms with van der Waals surface area (Å²) in [4.78, 5) is 40.2. The van der Waals surface area contributed by atoms with Crippen molar-refractivity contribution in [2.75, 3.05) is 25.5 Å². The van der Waals surface area contributed by atoms with Crippen molar-refractivity contribution < 1.29 is 14.3 Å². The van der Waals surface area contributed by atoms with Crippen molar-refractivity contribution in [2.45, 2.75) is 13.8 Å². The Balaban J connectivity index is 1.72. The second kappa shape index (κ2) is 9.24. The summed E-state index contributed by atoms with van der Waals surface area (Å²) in [6.45, 7) is 3.91. The zero-order valence-corrected chi connectivity index (χ0v) is 17.2. The third-order valence-corrected chi connectivity index (χ3v) is 5.25. The Morgan fingerprint density at radius 3 is 2.66 bits per heavy atom. The standard InChI is InChI=1S/C20H21N5O3S/c1-4-25(12-16(26)24-14-7-5-8-15(11-14)28-3)20(27)17-13(2)23-19(29-17)18-21-9-6-10-22-18/h5-11H,4,12H2,1-3H3,(H,24,26). The largest absolute Gasteiger partial charge is 0.497 e. The van der Waals surface area contributed by atoms with E-state index in [-0.39, 0.29) is 18.4 Å². The van der Waals surface area contributed by atoms with E-state index >= 15 is 0 Å².